The first kappa shape index (κ1) is 17.3. The van der Waals surface area contributed by atoms with Gasteiger partial charge in [-0.05, 0) is 18.6 Å². The van der Waals surface area contributed by atoms with Gasteiger partial charge in [-0.1, -0.05) is 0 Å². The Labute approximate surface area is 162 Å². The summed E-state index contributed by atoms with van der Waals surface area (Å²) in [5.41, 5.74) is 1.40. The maximum absolute atomic E-state index is 12.6. The van der Waals surface area contributed by atoms with Gasteiger partial charge in [0.25, 0.3) is 6.01 Å². The zero-order valence-corrected chi connectivity index (χ0v) is 16.0. The summed E-state index contributed by atoms with van der Waals surface area (Å²) < 4.78 is 5.84. The first-order valence-electron chi connectivity index (χ1n) is 9.58. The largest absolute Gasteiger partial charge is 0.422 e. The molecule has 9 heteroatoms. The highest BCUT2D eigenvalue weighted by atomic mass is 32.2. The van der Waals surface area contributed by atoms with Gasteiger partial charge in [0, 0.05) is 57.3 Å². The second-order valence-electron chi connectivity index (χ2n) is 7.33. The SMILES string of the molecule is O=C([C@@H]1C[C@H](N2CCN(c3nc4ncccc4o3)CC2)CN1)N1CCSC1. The molecule has 0 unspecified atom stereocenters. The number of nitrogens with zero attached hydrogens (tertiary/aromatic N) is 5. The van der Waals surface area contributed by atoms with E-state index in [9.17, 15) is 4.79 Å². The van der Waals surface area contributed by atoms with Gasteiger partial charge in [0.05, 0.1) is 11.9 Å². The van der Waals surface area contributed by atoms with E-state index in [0.29, 0.717) is 17.7 Å². The molecule has 0 aliphatic carbocycles. The number of fused-ring (bicyclic) bond motifs is 1. The highest BCUT2D eigenvalue weighted by molar-refractivity contribution is 7.99. The van der Waals surface area contributed by atoms with Crippen LogP contribution in [0.2, 0.25) is 0 Å². The van der Waals surface area contributed by atoms with Gasteiger partial charge < -0.3 is 19.5 Å². The Balaban J connectivity index is 1.17. The van der Waals surface area contributed by atoms with Gasteiger partial charge in [0.1, 0.15) is 0 Å². The van der Waals surface area contributed by atoms with Crippen LogP contribution in [0.1, 0.15) is 6.42 Å². The standard InChI is InChI=1S/C18H24N6O2S/c25-17(24-8-9-27-12-24)14-10-13(11-20-14)22-4-6-23(7-5-22)18-21-16-15(26-18)2-1-3-19-16/h1-3,13-14,20H,4-12H2/t13-,14-/m0/s1. The molecule has 1 N–H and O–H groups in total. The maximum atomic E-state index is 12.6. The lowest BCUT2D eigenvalue weighted by atomic mass is 10.1. The number of aromatic nitrogens is 2. The van der Waals surface area contributed by atoms with Crippen LogP contribution in [0.3, 0.4) is 0 Å². The number of hydrogen-bond donors (Lipinski definition) is 1. The third kappa shape index (κ3) is 3.39. The van der Waals surface area contributed by atoms with Crippen molar-refractivity contribution in [2.75, 3.05) is 55.8 Å². The van der Waals surface area contributed by atoms with Crippen LogP contribution in [0.4, 0.5) is 6.01 Å². The molecular formula is C18H24N6O2S. The molecule has 3 aliphatic rings. The molecule has 5 rings (SSSR count). The van der Waals surface area contributed by atoms with Gasteiger partial charge in [0.2, 0.25) is 11.6 Å². The summed E-state index contributed by atoms with van der Waals surface area (Å²) in [6, 6.07) is 4.83. The van der Waals surface area contributed by atoms with Crippen molar-refractivity contribution in [2.45, 2.75) is 18.5 Å². The Kier molecular flexibility index (Phi) is 4.66. The zero-order valence-electron chi connectivity index (χ0n) is 15.2. The summed E-state index contributed by atoms with van der Waals surface area (Å²) in [5.74, 6) is 2.19. The first-order valence-corrected chi connectivity index (χ1v) is 10.7. The number of oxazole rings is 1. The van der Waals surface area contributed by atoms with E-state index in [-0.39, 0.29) is 11.9 Å². The molecule has 144 valence electrons. The van der Waals surface area contributed by atoms with Crippen LogP contribution in [0, 0.1) is 0 Å². The minimum Gasteiger partial charge on any atom is -0.422 e. The summed E-state index contributed by atoms with van der Waals surface area (Å²) in [6.45, 7) is 5.46. The van der Waals surface area contributed by atoms with E-state index in [1.165, 1.54) is 0 Å². The maximum Gasteiger partial charge on any atom is 0.300 e. The fourth-order valence-electron chi connectivity index (χ4n) is 4.16. The molecule has 0 spiro atoms. The molecule has 3 aliphatic heterocycles. The number of anilines is 1. The van der Waals surface area contributed by atoms with Gasteiger partial charge in [-0.15, -0.1) is 11.8 Å². The van der Waals surface area contributed by atoms with E-state index in [4.69, 9.17) is 4.42 Å². The Bertz CT molecular complexity index is 782. The lowest BCUT2D eigenvalue weighted by Crippen LogP contribution is -2.51. The number of carbonyl (C=O) groups excluding carboxylic acids is 1. The predicted molar refractivity (Wildman–Crippen MR) is 105 cm³/mol. The summed E-state index contributed by atoms with van der Waals surface area (Å²) in [7, 11) is 0. The molecule has 5 heterocycles. The van der Waals surface area contributed by atoms with E-state index in [1.54, 1.807) is 6.20 Å². The van der Waals surface area contributed by atoms with Crippen molar-refractivity contribution >= 4 is 34.9 Å². The molecule has 1 amide bonds. The van der Waals surface area contributed by atoms with Crippen LogP contribution < -0.4 is 10.2 Å². The Morgan fingerprint density at radius 1 is 1.26 bits per heavy atom. The van der Waals surface area contributed by atoms with Crippen molar-refractivity contribution in [2.24, 2.45) is 0 Å². The van der Waals surface area contributed by atoms with Crippen LogP contribution in [0.15, 0.2) is 22.7 Å². The highest BCUT2D eigenvalue weighted by Gasteiger charge is 2.37. The number of rotatable bonds is 3. The number of pyridine rings is 1. The summed E-state index contributed by atoms with van der Waals surface area (Å²) in [6.07, 6.45) is 2.64. The minimum absolute atomic E-state index is 0.0187. The molecule has 0 bridgehead atoms. The smallest absolute Gasteiger partial charge is 0.300 e. The van der Waals surface area contributed by atoms with Gasteiger partial charge >= 0.3 is 0 Å². The second kappa shape index (κ2) is 7.29. The topological polar surface area (TPSA) is 77.7 Å². The van der Waals surface area contributed by atoms with E-state index in [1.807, 2.05) is 28.8 Å². The van der Waals surface area contributed by atoms with Gasteiger partial charge in [-0.3, -0.25) is 9.69 Å². The molecule has 3 saturated heterocycles. The van der Waals surface area contributed by atoms with Gasteiger partial charge in [-0.25, -0.2) is 4.98 Å². The third-order valence-corrected chi connectivity index (χ3v) is 6.69. The molecule has 2 atom stereocenters. The molecule has 2 aromatic heterocycles. The molecule has 0 saturated carbocycles. The zero-order chi connectivity index (χ0) is 18.2. The van der Waals surface area contributed by atoms with Crippen LogP contribution in [-0.2, 0) is 4.79 Å². The van der Waals surface area contributed by atoms with Crippen molar-refractivity contribution in [3.05, 3.63) is 18.3 Å². The monoisotopic (exact) mass is 388 g/mol. The second-order valence-corrected chi connectivity index (χ2v) is 8.41. The quantitative estimate of drug-likeness (QED) is 0.820. The van der Waals surface area contributed by atoms with Gasteiger partial charge in [-0.2, -0.15) is 4.98 Å². The minimum atomic E-state index is -0.0187. The number of thioether (sulfide) groups is 1. The average Bonchev–Trinajstić information content (AvgIpc) is 3.48. The average molecular weight is 388 g/mol. The fraction of sp³-hybridized carbons (Fsp3) is 0.611. The van der Waals surface area contributed by atoms with Crippen molar-refractivity contribution in [3.63, 3.8) is 0 Å². The molecule has 0 radical (unpaired) electrons. The Hall–Kier alpha value is -1.84. The number of amides is 1. The van der Waals surface area contributed by atoms with Crippen molar-refractivity contribution in [1.29, 1.82) is 0 Å². The molecular weight excluding hydrogens is 364 g/mol. The van der Waals surface area contributed by atoms with E-state index >= 15 is 0 Å². The third-order valence-electron chi connectivity index (χ3n) is 5.72. The van der Waals surface area contributed by atoms with Crippen molar-refractivity contribution < 1.29 is 9.21 Å². The van der Waals surface area contributed by atoms with Crippen molar-refractivity contribution in [3.8, 4) is 0 Å². The molecule has 0 aromatic carbocycles. The molecule has 27 heavy (non-hydrogen) atoms. The Morgan fingerprint density at radius 2 is 2.15 bits per heavy atom. The first-order chi connectivity index (χ1) is 13.3. The van der Waals surface area contributed by atoms with E-state index in [0.717, 1.165) is 62.9 Å². The van der Waals surface area contributed by atoms with Crippen LogP contribution in [0.5, 0.6) is 0 Å². The van der Waals surface area contributed by atoms with E-state index in [2.05, 4.69) is 25.1 Å². The highest BCUT2D eigenvalue weighted by Crippen LogP contribution is 2.24. The predicted octanol–water partition coefficient (Wildman–Crippen LogP) is 0.608. The van der Waals surface area contributed by atoms with Crippen LogP contribution in [-0.4, -0.2) is 88.7 Å². The number of piperazine rings is 1. The van der Waals surface area contributed by atoms with E-state index < -0.39 is 0 Å². The summed E-state index contributed by atoms with van der Waals surface area (Å²) in [5, 5.41) is 3.45. The number of nitrogens with one attached hydrogen (secondary N) is 1. The van der Waals surface area contributed by atoms with Crippen molar-refractivity contribution in [1.82, 2.24) is 25.1 Å². The number of hydrogen-bond acceptors (Lipinski definition) is 8. The summed E-state index contributed by atoms with van der Waals surface area (Å²) in [4.78, 5) is 28.0. The molecule has 3 fully saturated rings. The molecule has 2 aromatic rings. The van der Waals surface area contributed by atoms with Gasteiger partial charge in [0.15, 0.2) is 5.58 Å². The Morgan fingerprint density at radius 3 is 2.93 bits per heavy atom. The normalized spacial score (nSPS) is 27.0. The molecule has 8 nitrogen and oxygen atoms in total. The van der Waals surface area contributed by atoms with Crippen LogP contribution >= 0.6 is 11.8 Å². The fourth-order valence-corrected chi connectivity index (χ4v) is 5.12. The lowest BCUT2D eigenvalue weighted by Gasteiger charge is -2.37. The van der Waals surface area contributed by atoms with Crippen LogP contribution in [0.25, 0.3) is 11.2 Å². The number of carbonyl (C=O) groups is 1. The summed E-state index contributed by atoms with van der Waals surface area (Å²) >= 11 is 1.84. The lowest BCUT2D eigenvalue weighted by molar-refractivity contribution is -0.131.